The Bertz CT molecular complexity index is 819. The molecule has 1 heterocycles. The number of ether oxygens (including phenoxy) is 2. The Hall–Kier alpha value is -1.38. The third-order valence-corrected chi connectivity index (χ3v) is 4.51. The van der Waals surface area contributed by atoms with Gasteiger partial charge in [0.2, 0.25) is 5.78 Å². The van der Waals surface area contributed by atoms with Crippen LogP contribution in [0.3, 0.4) is 0 Å². The van der Waals surface area contributed by atoms with E-state index >= 15 is 0 Å². The first-order valence-corrected chi connectivity index (χ1v) is 9.61. The minimum absolute atomic E-state index is 0.142. The number of rotatable bonds is 4. The lowest BCUT2D eigenvalue weighted by atomic mass is 10.1. The van der Waals surface area contributed by atoms with E-state index in [9.17, 15) is 9.59 Å². The van der Waals surface area contributed by atoms with E-state index in [0.29, 0.717) is 23.8 Å². The Balaban J connectivity index is 1.95. The van der Waals surface area contributed by atoms with Crippen molar-refractivity contribution in [2.75, 3.05) is 11.9 Å². The number of anilines is 1. The number of hydrogen-bond donors (Lipinski definition) is 1. The maximum atomic E-state index is 12.7. The van der Waals surface area contributed by atoms with Gasteiger partial charge < -0.3 is 14.8 Å². The van der Waals surface area contributed by atoms with Crippen molar-refractivity contribution in [2.45, 2.75) is 8.75 Å². The standard InChI is InChI=1S/C17H12Br3NO4/c18-17(19,20)16(23)12-6-11(24-8-10-4-2-1-3-5-10)7-13-15(12)25-9-14(22)21-13/h1-7H,8-9H2,(H,21,22). The number of halogens is 3. The second kappa shape index (κ2) is 7.47. The molecule has 0 spiro atoms. The summed E-state index contributed by atoms with van der Waals surface area (Å²) in [6, 6.07) is 12.9. The van der Waals surface area contributed by atoms with Crippen LogP contribution in [0.25, 0.3) is 0 Å². The van der Waals surface area contributed by atoms with Gasteiger partial charge in [0.1, 0.15) is 12.4 Å². The lowest BCUT2D eigenvalue weighted by molar-refractivity contribution is -0.118. The van der Waals surface area contributed by atoms with Crippen molar-refractivity contribution in [3.8, 4) is 11.5 Å². The van der Waals surface area contributed by atoms with E-state index in [0.717, 1.165) is 5.56 Å². The normalized spacial score (nSPS) is 13.5. The van der Waals surface area contributed by atoms with Crippen LogP contribution < -0.4 is 14.8 Å². The smallest absolute Gasteiger partial charge is 0.262 e. The van der Waals surface area contributed by atoms with Crippen molar-refractivity contribution >= 4 is 65.2 Å². The third kappa shape index (κ3) is 4.43. The highest BCUT2D eigenvalue weighted by Crippen LogP contribution is 2.43. The van der Waals surface area contributed by atoms with Gasteiger partial charge in [-0.25, -0.2) is 0 Å². The summed E-state index contributed by atoms with van der Waals surface area (Å²) < 4.78 is 10.1. The van der Waals surface area contributed by atoms with Crippen LogP contribution in [-0.2, 0) is 11.4 Å². The maximum absolute atomic E-state index is 12.7. The molecular formula is C17H12Br3NO4. The molecule has 1 aliphatic heterocycles. The first-order valence-electron chi connectivity index (χ1n) is 7.23. The summed E-state index contributed by atoms with van der Waals surface area (Å²) in [4.78, 5) is 24.3. The van der Waals surface area contributed by atoms with Crippen LogP contribution in [0.1, 0.15) is 15.9 Å². The Morgan fingerprint density at radius 2 is 1.92 bits per heavy atom. The lowest BCUT2D eigenvalue weighted by Gasteiger charge is -2.23. The molecule has 3 rings (SSSR count). The van der Waals surface area contributed by atoms with Gasteiger partial charge in [-0.1, -0.05) is 78.1 Å². The summed E-state index contributed by atoms with van der Waals surface area (Å²) in [7, 11) is 0. The van der Waals surface area contributed by atoms with Gasteiger partial charge in [0.15, 0.2) is 14.5 Å². The molecule has 1 amide bonds. The molecule has 0 unspecified atom stereocenters. The predicted molar refractivity (Wildman–Crippen MR) is 105 cm³/mol. The molecule has 0 saturated heterocycles. The molecule has 130 valence electrons. The molecule has 1 N–H and O–H groups in total. The average molecular weight is 534 g/mol. The summed E-state index contributed by atoms with van der Waals surface area (Å²) in [5.74, 6) is 0.173. The fourth-order valence-corrected chi connectivity index (χ4v) is 2.96. The molecule has 0 aliphatic carbocycles. The topological polar surface area (TPSA) is 64.6 Å². The number of carbonyl (C=O) groups is 2. The SMILES string of the molecule is O=C1COc2c(cc(OCc3ccccc3)cc2C(=O)C(Br)(Br)Br)N1. The van der Waals surface area contributed by atoms with Crippen molar-refractivity contribution < 1.29 is 19.1 Å². The van der Waals surface area contributed by atoms with Crippen LogP contribution in [0.2, 0.25) is 0 Å². The lowest BCUT2D eigenvalue weighted by Crippen LogP contribution is -2.28. The van der Waals surface area contributed by atoms with Gasteiger partial charge in [-0.05, 0) is 11.6 Å². The van der Waals surface area contributed by atoms with Crippen LogP contribution in [0, 0.1) is 0 Å². The molecule has 8 heteroatoms. The van der Waals surface area contributed by atoms with E-state index in [1.807, 2.05) is 30.3 Å². The summed E-state index contributed by atoms with van der Waals surface area (Å²) in [5.41, 5.74) is 1.68. The number of alkyl halides is 3. The second-order valence-electron chi connectivity index (χ2n) is 5.29. The third-order valence-electron chi connectivity index (χ3n) is 3.43. The summed E-state index contributed by atoms with van der Waals surface area (Å²) in [5, 5.41) is 2.70. The molecule has 2 aromatic carbocycles. The largest absolute Gasteiger partial charge is 0.489 e. The number of hydrogen-bond acceptors (Lipinski definition) is 4. The molecule has 2 aromatic rings. The highest BCUT2D eigenvalue weighted by Gasteiger charge is 2.34. The summed E-state index contributed by atoms with van der Waals surface area (Å²) >= 11 is 9.66. The van der Waals surface area contributed by atoms with Crippen LogP contribution in [-0.4, -0.2) is 20.4 Å². The fraction of sp³-hybridized carbons (Fsp3) is 0.176. The highest BCUT2D eigenvalue weighted by atomic mass is 80.0. The van der Waals surface area contributed by atoms with E-state index in [-0.39, 0.29) is 23.9 Å². The second-order valence-corrected chi connectivity index (χ2v) is 12.0. The predicted octanol–water partition coefficient (Wildman–Crippen LogP) is 4.62. The van der Waals surface area contributed by atoms with Crippen molar-refractivity contribution in [3.63, 3.8) is 0 Å². The molecule has 0 fully saturated rings. The van der Waals surface area contributed by atoms with Crippen molar-refractivity contribution in [2.24, 2.45) is 0 Å². The van der Waals surface area contributed by atoms with Crippen molar-refractivity contribution in [1.82, 2.24) is 0 Å². The van der Waals surface area contributed by atoms with E-state index in [1.54, 1.807) is 12.1 Å². The molecule has 0 radical (unpaired) electrons. The van der Waals surface area contributed by atoms with Crippen LogP contribution in [0.15, 0.2) is 42.5 Å². The van der Waals surface area contributed by atoms with Gasteiger partial charge in [-0.3, -0.25) is 9.59 Å². The Morgan fingerprint density at radius 3 is 2.60 bits per heavy atom. The molecule has 0 saturated carbocycles. The molecule has 1 aliphatic rings. The monoisotopic (exact) mass is 531 g/mol. The van der Waals surface area contributed by atoms with E-state index in [2.05, 4.69) is 53.1 Å². The minimum Gasteiger partial charge on any atom is -0.489 e. The van der Waals surface area contributed by atoms with Crippen molar-refractivity contribution in [3.05, 3.63) is 53.6 Å². The number of ketones is 1. The number of amides is 1. The zero-order valence-corrected chi connectivity index (χ0v) is 17.5. The number of nitrogens with one attached hydrogen (secondary N) is 1. The molecule has 5 nitrogen and oxygen atoms in total. The zero-order chi connectivity index (χ0) is 18.0. The highest BCUT2D eigenvalue weighted by molar-refractivity contribution is 9.40. The Labute approximate surface area is 169 Å². The molecule has 25 heavy (non-hydrogen) atoms. The van der Waals surface area contributed by atoms with Crippen molar-refractivity contribution in [1.29, 1.82) is 0 Å². The first-order chi connectivity index (χ1) is 11.8. The van der Waals surface area contributed by atoms with Crippen LogP contribution >= 0.6 is 47.8 Å². The van der Waals surface area contributed by atoms with Gasteiger partial charge in [0, 0.05) is 6.07 Å². The van der Waals surface area contributed by atoms with E-state index in [4.69, 9.17) is 9.47 Å². The van der Waals surface area contributed by atoms with E-state index in [1.165, 1.54) is 0 Å². The Kier molecular flexibility index (Phi) is 5.50. The molecule has 0 atom stereocenters. The number of Topliss-reactive ketones (excluding diaryl/α,β-unsaturated/α-hetero) is 1. The van der Waals surface area contributed by atoms with Gasteiger partial charge in [0.05, 0.1) is 11.3 Å². The number of fused-ring (bicyclic) bond motifs is 1. The van der Waals surface area contributed by atoms with Gasteiger partial charge >= 0.3 is 0 Å². The molecule has 0 aromatic heterocycles. The molecular weight excluding hydrogens is 522 g/mol. The summed E-state index contributed by atoms with van der Waals surface area (Å²) in [6.45, 7) is 0.196. The van der Waals surface area contributed by atoms with Crippen LogP contribution in [0.4, 0.5) is 5.69 Å². The van der Waals surface area contributed by atoms with E-state index < -0.39 is 2.14 Å². The van der Waals surface area contributed by atoms with Crippen LogP contribution in [0.5, 0.6) is 11.5 Å². The van der Waals surface area contributed by atoms with Gasteiger partial charge in [-0.2, -0.15) is 0 Å². The number of carbonyl (C=O) groups excluding carboxylic acids is 2. The fourth-order valence-electron chi connectivity index (χ4n) is 2.32. The minimum atomic E-state index is -1.14. The quantitative estimate of drug-likeness (QED) is 0.460. The van der Waals surface area contributed by atoms with Gasteiger partial charge in [0.25, 0.3) is 5.91 Å². The number of benzene rings is 2. The molecule has 0 bridgehead atoms. The first kappa shape index (κ1) is 18.4. The van der Waals surface area contributed by atoms with Gasteiger partial charge in [-0.15, -0.1) is 0 Å². The summed E-state index contributed by atoms with van der Waals surface area (Å²) in [6.07, 6.45) is 0. The zero-order valence-electron chi connectivity index (χ0n) is 12.7. The Morgan fingerprint density at radius 1 is 1.20 bits per heavy atom. The maximum Gasteiger partial charge on any atom is 0.262 e. The average Bonchev–Trinajstić information content (AvgIpc) is 2.58.